The third kappa shape index (κ3) is 2.58. The fraction of sp³-hybridized carbons (Fsp3) is 0.214. The van der Waals surface area contributed by atoms with Crippen molar-refractivity contribution in [1.82, 2.24) is 20.2 Å². The number of methoxy groups -OCH3 is 1. The van der Waals surface area contributed by atoms with Crippen molar-refractivity contribution in [3.63, 3.8) is 0 Å². The van der Waals surface area contributed by atoms with Gasteiger partial charge in [0.25, 0.3) is 0 Å². The summed E-state index contributed by atoms with van der Waals surface area (Å²) in [6.45, 7) is 0. The summed E-state index contributed by atoms with van der Waals surface area (Å²) < 4.78 is 5.15. The van der Waals surface area contributed by atoms with Gasteiger partial charge in [-0.3, -0.25) is 5.10 Å². The first kappa shape index (κ1) is 13.2. The van der Waals surface area contributed by atoms with Gasteiger partial charge >= 0.3 is 0 Å². The summed E-state index contributed by atoms with van der Waals surface area (Å²) in [5.74, 6) is 2.14. The number of fused-ring (bicyclic) bond motifs is 1. The van der Waals surface area contributed by atoms with Gasteiger partial charge in [-0.2, -0.15) is 15.1 Å². The maximum Gasteiger partial charge on any atom is 0.228 e. The van der Waals surface area contributed by atoms with Gasteiger partial charge in [0.1, 0.15) is 11.6 Å². The normalized spacial score (nSPS) is 10.6. The number of H-pyrrole nitrogens is 1. The van der Waals surface area contributed by atoms with Gasteiger partial charge in [-0.25, -0.2) is 0 Å². The van der Waals surface area contributed by atoms with Gasteiger partial charge in [0.15, 0.2) is 5.65 Å². The highest BCUT2D eigenvalue weighted by Gasteiger charge is 2.11. The highest BCUT2D eigenvalue weighted by molar-refractivity contribution is 5.89. The van der Waals surface area contributed by atoms with E-state index in [1.165, 1.54) is 0 Å². The Labute approximate surface area is 122 Å². The lowest BCUT2D eigenvalue weighted by molar-refractivity contribution is 0.415. The second kappa shape index (κ2) is 5.28. The summed E-state index contributed by atoms with van der Waals surface area (Å²) in [7, 11) is 5.44. The molecule has 0 bridgehead atoms. The van der Waals surface area contributed by atoms with Crippen LogP contribution in [0.1, 0.15) is 0 Å². The minimum absolute atomic E-state index is 0.614. The van der Waals surface area contributed by atoms with E-state index in [4.69, 9.17) is 4.74 Å². The topological polar surface area (TPSA) is 79.0 Å². The van der Waals surface area contributed by atoms with Crippen LogP contribution in [0.4, 0.5) is 17.5 Å². The first-order valence-electron chi connectivity index (χ1n) is 6.47. The molecule has 108 valence electrons. The lowest BCUT2D eigenvalue weighted by Crippen LogP contribution is -2.13. The zero-order chi connectivity index (χ0) is 14.8. The van der Waals surface area contributed by atoms with E-state index in [0.29, 0.717) is 17.4 Å². The molecule has 0 aliphatic rings. The summed E-state index contributed by atoms with van der Waals surface area (Å²) in [5, 5.41) is 11.0. The molecule has 0 radical (unpaired) electrons. The van der Waals surface area contributed by atoms with Crippen LogP contribution < -0.4 is 15.0 Å². The number of anilines is 3. The number of rotatable bonds is 4. The van der Waals surface area contributed by atoms with Crippen LogP contribution >= 0.6 is 0 Å². The Morgan fingerprint density at radius 3 is 2.57 bits per heavy atom. The van der Waals surface area contributed by atoms with Gasteiger partial charge in [-0.15, -0.1) is 0 Å². The minimum Gasteiger partial charge on any atom is -0.497 e. The quantitative estimate of drug-likeness (QED) is 0.764. The average molecular weight is 284 g/mol. The summed E-state index contributed by atoms with van der Waals surface area (Å²) in [6, 6.07) is 7.65. The molecular formula is C14H16N6O. The van der Waals surface area contributed by atoms with Crippen molar-refractivity contribution in [3.05, 3.63) is 30.5 Å². The summed E-state index contributed by atoms with van der Waals surface area (Å²) in [6.07, 6.45) is 1.71. The van der Waals surface area contributed by atoms with E-state index in [-0.39, 0.29) is 0 Å². The molecular weight excluding hydrogens is 268 g/mol. The van der Waals surface area contributed by atoms with Gasteiger partial charge < -0.3 is 15.0 Å². The number of nitrogens with zero attached hydrogens (tertiary/aromatic N) is 4. The fourth-order valence-electron chi connectivity index (χ4n) is 1.93. The zero-order valence-corrected chi connectivity index (χ0v) is 12.1. The number of hydrogen-bond donors (Lipinski definition) is 2. The van der Waals surface area contributed by atoms with E-state index in [0.717, 1.165) is 16.8 Å². The average Bonchev–Trinajstić information content (AvgIpc) is 2.96. The van der Waals surface area contributed by atoms with Crippen LogP contribution in [0.5, 0.6) is 5.75 Å². The number of aromatic amines is 1. The van der Waals surface area contributed by atoms with Crippen LogP contribution in [0.3, 0.4) is 0 Å². The van der Waals surface area contributed by atoms with Gasteiger partial charge in [0.2, 0.25) is 5.95 Å². The van der Waals surface area contributed by atoms with Crippen molar-refractivity contribution < 1.29 is 4.74 Å². The monoisotopic (exact) mass is 284 g/mol. The number of nitrogens with one attached hydrogen (secondary N) is 2. The molecule has 0 saturated heterocycles. The van der Waals surface area contributed by atoms with Crippen LogP contribution in [0, 0.1) is 0 Å². The molecule has 2 heterocycles. The molecule has 0 atom stereocenters. The largest absolute Gasteiger partial charge is 0.497 e. The molecule has 0 spiro atoms. The van der Waals surface area contributed by atoms with Crippen molar-refractivity contribution in [2.75, 3.05) is 31.4 Å². The maximum atomic E-state index is 5.15. The highest BCUT2D eigenvalue weighted by Crippen LogP contribution is 2.25. The van der Waals surface area contributed by atoms with E-state index in [9.17, 15) is 0 Å². The molecule has 2 aromatic heterocycles. The molecule has 7 heteroatoms. The maximum absolute atomic E-state index is 5.15. The van der Waals surface area contributed by atoms with E-state index in [1.807, 2.05) is 43.3 Å². The second-order valence-corrected chi connectivity index (χ2v) is 4.75. The molecule has 0 aliphatic carbocycles. The van der Waals surface area contributed by atoms with E-state index >= 15 is 0 Å². The first-order chi connectivity index (χ1) is 10.2. The zero-order valence-electron chi connectivity index (χ0n) is 12.1. The molecule has 1 aromatic carbocycles. The van der Waals surface area contributed by atoms with Gasteiger partial charge in [0.05, 0.1) is 18.7 Å². The van der Waals surface area contributed by atoms with Crippen LogP contribution in [-0.2, 0) is 0 Å². The lowest BCUT2D eigenvalue weighted by Gasteiger charge is -2.13. The molecule has 0 amide bonds. The van der Waals surface area contributed by atoms with E-state index in [2.05, 4.69) is 25.5 Å². The van der Waals surface area contributed by atoms with Crippen molar-refractivity contribution >= 4 is 28.5 Å². The van der Waals surface area contributed by atoms with Crippen molar-refractivity contribution in [2.24, 2.45) is 0 Å². The number of benzene rings is 1. The Kier molecular flexibility index (Phi) is 3.31. The van der Waals surface area contributed by atoms with E-state index < -0.39 is 0 Å². The van der Waals surface area contributed by atoms with Gasteiger partial charge in [-0.05, 0) is 24.3 Å². The molecule has 0 fully saturated rings. The van der Waals surface area contributed by atoms with Crippen LogP contribution in [0.25, 0.3) is 11.0 Å². The third-order valence-corrected chi connectivity index (χ3v) is 3.05. The molecule has 0 aliphatic heterocycles. The van der Waals surface area contributed by atoms with E-state index in [1.54, 1.807) is 13.3 Å². The molecule has 21 heavy (non-hydrogen) atoms. The molecule has 2 N–H and O–H groups in total. The standard InChI is InChI=1S/C14H16N6O/c1-20(2)14-17-12(11-8-15-19-13(11)18-14)16-9-4-6-10(21-3)7-5-9/h4-8H,1-3H3,(H2,15,16,17,18,19). The molecule has 0 saturated carbocycles. The minimum atomic E-state index is 0.614. The molecule has 3 aromatic rings. The smallest absolute Gasteiger partial charge is 0.228 e. The lowest BCUT2D eigenvalue weighted by atomic mass is 10.3. The number of hydrogen-bond acceptors (Lipinski definition) is 6. The Bertz CT molecular complexity index is 750. The molecule has 3 rings (SSSR count). The summed E-state index contributed by atoms with van der Waals surface area (Å²) in [5.41, 5.74) is 1.62. The molecule has 7 nitrogen and oxygen atoms in total. The predicted octanol–water partition coefficient (Wildman–Crippen LogP) is 2.17. The van der Waals surface area contributed by atoms with Gasteiger partial charge in [0, 0.05) is 19.8 Å². The Morgan fingerprint density at radius 2 is 1.90 bits per heavy atom. The molecule has 0 unspecified atom stereocenters. The Morgan fingerprint density at radius 1 is 1.14 bits per heavy atom. The third-order valence-electron chi connectivity index (χ3n) is 3.05. The summed E-state index contributed by atoms with van der Waals surface area (Å²) in [4.78, 5) is 10.8. The van der Waals surface area contributed by atoms with Gasteiger partial charge in [-0.1, -0.05) is 0 Å². The number of aromatic nitrogens is 4. The number of ether oxygens (including phenoxy) is 1. The highest BCUT2D eigenvalue weighted by atomic mass is 16.5. The first-order valence-corrected chi connectivity index (χ1v) is 6.47. The van der Waals surface area contributed by atoms with Crippen LogP contribution in [-0.4, -0.2) is 41.4 Å². The second-order valence-electron chi connectivity index (χ2n) is 4.75. The van der Waals surface area contributed by atoms with Crippen LogP contribution in [0.15, 0.2) is 30.5 Å². The SMILES string of the molecule is COc1ccc(Nc2nc(N(C)C)nc3[nH]ncc23)cc1. The predicted molar refractivity (Wildman–Crippen MR) is 82.3 cm³/mol. The Hall–Kier alpha value is -2.83. The van der Waals surface area contributed by atoms with Crippen molar-refractivity contribution in [3.8, 4) is 5.75 Å². The van der Waals surface area contributed by atoms with Crippen molar-refractivity contribution in [1.29, 1.82) is 0 Å². The van der Waals surface area contributed by atoms with Crippen LogP contribution in [0.2, 0.25) is 0 Å². The Balaban J connectivity index is 1.99. The summed E-state index contributed by atoms with van der Waals surface area (Å²) >= 11 is 0. The van der Waals surface area contributed by atoms with Crippen molar-refractivity contribution in [2.45, 2.75) is 0 Å². The fourth-order valence-corrected chi connectivity index (χ4v) is 1.93.